The van der Waals surface area contributed by atoms with E-state index in [1.54, 1.807) is 31.4 Å². The zero-order valence-electron chi connectivity index (χ0n) is 7.58. The van der Waals surface area contributed by atoms with Crippen LogP contribution in [-0.4, -0.2) is 18.0 Å². The van der Waals surface area contributed by atoms with Crippen molar-refractivity contribution in [1.82, 2.24) is 0 Å². The van der Waals surface area contributed by atoms with E-state index in [4.69, 9.17) is 16.3 Å². The van der Waals surface area contributed by atoms with Crippen molar-refractivity contribution in [3.8, 4) is 0 Å². The zero-order chi connectivity index (χ0) is 9.90. The number of hydrogen-bond donors (Lipinski definition) is 0. The normalized spacial score (nSPS) is 26.8. The summed E-state index contributed by atoms with van der Waals surface area (Å²) in [6.45, 7) is 1.90. The Morgan fingerprint density at radius 1 is 1.54 bits per heavy atom. The maximum absolute atomic E-state index is 10.8. The Balaban J connectivity index is 2.93. The third kappa shape index (κ3) is 2.54. The SMILES string of the molecule is COC1(C)C=CC=C(C(=O)Cl)C=C1. The molecule has 0 heterocycles. The molecule has 0 amide bonds. The minimum absolute atomic E-state index is 0.454. The fourth-order valence-corrected chi connectivity index (χ4v) is 1.10. The Labute approximate surface area is 82.5 Å². The number of hydrogen-bond acceptors (Lipinski definition) is 2. The standard InChI is InChI=1S/C10H11ClO2/c1-10(13-2)6-3-4-8(5-7-10)9(11)12/h3-7H,1-2H3. The van der Waals surface area contributed by atoms with Crippen molar-refractivity contribution in [3.05, 3.63) is 36.0 Å². The topological polar surface area (TPSA) is 26.3 Å². The molecule has 1 rings (SSSR count). The van der Waals surface area contributed by atoms with E-state index in [0.717, 1.165) is 0 Å². The maximum Gasteiger partial charge on any atom is 0.252 e. The molecule has 0 aromatic rings. The summed E-state index contributed by atoms with van der Waals surface area (Å²) in [4.78, 5) is 10.8. The number of allylic oxidation sites excluding steroid dienone is 4. The van der Waals surface area contributed by atoms with Gasteiger partial charge in [-0.2, -0.15) is 0 Å². The molecule has 0 aromatic carbocycles. The minimum atomic E-state index is -0.457. The highest BCUT2D eigenvalue weighted by molar-refractivity contribution is 6.68. The van der Waals surface area contributed by atoms with Gasteiger partial charge >= 0.3 is 0 Å². The molecule has 0 saturated carbocycles. The second-order valence-corrected chi connectivity index (χ2v) is 3.32. The van der Waals surface area contributed by atoms with Crippen LogP contribution in [0.15, 0.2) is 36.0 Å². The van der Waals surface area contributed by atoms with Crippen LogP contribution in [-0.2, 0) is 9.53 Å². The summed E-state index contributed by atoms with van der Waals surface area (Å²) >= 11 is 5.33. The molecule has 70 valence electrons. The average molecular weight is 199 g/mol. The second kappa shape index (κ2) is 3.90. The van der Waals surface area contributed by atoms with Crippen LogP contribution in [0.2, 0.25) is 0 Å². The molecule has 2 nitrogen and oxygen atoms in total. The van der Waals surface area contributed by atoms with Crippen LogP contribution in [0.5, 0.6) is 0 Å². The van der Waals surface area contributed by atoms with Crippen molar-refractivity contribution in [2.24, 2.45) is 0 Å². The molecular weight excluding hydrogens is 188 g/mol. The first-order chi connectivity index (χ1) is 6.07. The summed E-state index contributed by atoms with van der Waals surface area (Å²) in [5.41, 5.74) is 0.0172. The number of carbonyl (C=O) groups excluding carboxylic acids is 1. The van der Waals surface area contributed by atoms with Crippen LogP contribution in [0, 0.1) is 0 Å². The van der Waals surface area contributed by atoms with Crippen molar-refractivity contribution in [2.45, 2.75) is 12.5 Å². The molecule has 13 heavy (non-hydrogen) atoms. The van der Waals surface area contributed by atoms with E-state index in [2.05, 4.69) is 0 Å². The first-order valence-corrected chi connectivity index (χ1v) is 4.29. The van der Waals surface area contributed by atoms with E-state index in [1.807, 2.05) is 13.0 Å². The number of halogens is 1. The predicted molar refractivity (Wildman–Crippen MR) is 52.6 cm³/mol. The summed E-state index contributed by atoms with van der Waals surface area (Å²) in [5.74, 6) is 0. The van der Waals surface area contributed by atoms with Gasteiger partial charge in [-0.3, -0.25) is 4.79 Å². The third-order valence-corrected chi connectivity index (χ3v) is 2.18. The first kappa shape index (κ1) is 10.2. The van der Waals surface area contributed by atoms with Crippen molar-refractivity contribution < 1.29 is 9.53 Å². The average Bonchev–Trinajstić information content (AvgIpc) is 2.28. The molecule has 0 spiro atoms. The fourth-order valence-electron chi connectivity index (χ4n) is 0.976. The van der Waals surface area contributed by atoms with Gasteiger partial charge in [0.05, 0.1) is 0 Å². The molecule has 0 N–H and O–H groups in total. The van der Waals surface area contributed by atoms with Gasteiger partial charge in [0.15, 0.2) is 0 Å². The molecule has 1 aliphatic rings. The maximum atomic E-state index is 10.8. The number of methoxy groups -OCH3 is 1. The first-order valence-electron chi connectivity index (χ1n) is 3.91. The van der Waals surface area contributed by atoms with Gasteiger partial charge in [-0.1, -0.05) is 18.2 Å². The lowest BCUT2D eigenvalue weighted by Crippen LogP contribution is -2.20. The van der Waals surface area contributed by atoms with Gasteiger partial charge in [0.1, 0.15) is 5.60 Å². The van der Waals surface area contributed by atoms with Gasteiger partial charge < -0.3 is 4.74 Å². The summed E-state index contributed by atoms with van der Waals surface area (Å²) in [6, 6.07) is 0. The lowest BCUT2D eigenvalue weighted by molar-refractivity contribution is -0.108. The number of rotatable bonds is 2. The molecule has 3 heteroatoms. The lowest BCUT2D eigenvalue weighted by atomic mass is 10.1. The lowest BCUT2D eigenvalue weighted by Gasteiger charge is -2.18. The Hall–Kier alpha value is -0.860. The van der Waals surface area contributed by atoms with Crippen molar-refractivity contribution in [3.63, 3.8) is 0 Å². The van der Waals surface area contributed by atoms with E-state index in [9.17, 15) is 4.79 Å². The highest BCUT2D eigenvalue weighted by Gasteiger charge is 2.17. The smallest absolute Gasteiger partial charge is 0.252 e. The highest BCUT2D eigenvalue weighted by atomic mass is 35.5. The molecule has 0 radical (unpaired) electrons. The quantitative estimate of drug-likeness (QED) is 0.636. The molecule has 0 aromatic heterocycles. The second-order valence-electron chi connectivity index (χ2n) is 2.98. The fraction of sp³-hybridized carbons (Fsp3) is 0.300. The van der Waals surface area contributed by atoms with Gasteiger partial charge in [0.25, 0.3) is 5.24 Å². The largest absolute Gasteiger partial charge is 0.370 e. The van der Waals surface area contributed by atoms with E-state index in [0.29, 0.717) is 5.57 Å². The predicted octanol–water partition coefficient (Wildman–Crippen LogP) is 2.21. The van der Waals surface area contributed by atoms with Gasteiger partial charge in [0, 0.05) is 12.7 Å². The highest BCUT2D eigenvalue weighted by Crippen LogP contribution is 2.18. The van der Waals surface area contributed by atoms with E-state index < -0.39 is 10.8 Å². The van der Waals surface area contributed by atoms with Crippen molar-refractivity contribution >= 4 is 16.8 Å². The number of carbonyl (C=O) groups is 1. The van der Waals surface area contributed by atoms with Crippen LogP contribution in [0.25, 0.3) is 0 Å². The molecule has 0 aliphatic heterocycles. The Morgan fingerprint density at radius 3 is 2.77 bits per heavy atom. The van der Waals surface area contributed by atoms with Gasteiger partial charge in [-0.15, -0.1) is 0 Å². The molecular formula is C10H11ClO2. The van der Waals surface area contributed by atoms with Gasteiger partial charge in [0.2, 0.25) is 0 Å². The van der Waals surface area contributed by atoms with Crippen molar-refractivity contribution in [2.75, 3.05) is 7.11 Å². The minimum Gasteiger partial charge on any atom is -0.370 e. The summed E-state index contributed by atoms with van der Waals surface area (Å²) in [5, 5.41) is -0.457. The molecule has 1 unspecified atom stereocenters. The van der Waals surface area contributed by atoms with Crippen LogP contribution in [0.4, 0.5) is 0 Å². The van der Waals surface area contributed by atoms with Crippen LogP contribution in [0.3, 0.4) is 0 Å². The zero-order valence-corrected chi connectivity index (χ0v) is 8.34. The van der Waals surface area contributed by atoms with E-state index >= 15 is 0 Å². The Bertz CT molecular complexity index is 302. The van der Waals surface area contributed by atoms with Gasteiger partial charge in [-0.25, -0.2) is 0 Å². The van der Waals surface area contributed by atoms with Gasteiger partial charge in [-0.05, 0) is 30.7 Å². The summed E-state index contributed by atoms with van der Waals surface area (Å²) in [6.07, 6.45) is 8.74. The summed E-state index contributed by atoms with van der Waals surface area (Å²) < 4.78 is 5.23. The molecule has 0 fully saturated rings. The van der Waals surface area contributed by atoms with Crippen LogP contribution < -0.4 is 0 Å². The Morgan fingerprint density at radius 2 is 2.23 bits per heavy atom. The van der Waals surface area contributed by atoms with Crippen LogP contribution in [0.1, 0.15) is 6.92 Å². The van der Waals surface area contributed by atoms with E-state index in [-0.39, 0.29) is 0 Å². The summed E-state index contributed by atoms with van der Waals surface area (Å²) in [7, 11) is 1.61. The van der Waals surface area contributed by atoms with Crippen molar-refractivity contribution in [1.29, 1.82) is 0 Å². The Kier molecular flexibility index (Phi) is 3.07. The third-order valence-electron chi connectivity index (χ3n) is 1.96. The molecule has 1 atom stereocenters. The molecule has 0 saturated heterocycles. The number of ether oxygens (including phenoxy) is 1. The molecule has 0 bridgehead atoms. The van der Waals surface area contributed by atoms with E-state index in [1.165, 1.54) is 0 Å². The monoisotopic (exact) mass is 198 g/mol. The molecule has 1 aliphatic carbocycles. The van der Waals surface area contributed by atoms with Crippen LogP contribution >= 0.6 is 11.6 Å².